The Morgan fingerprint density at radius 1 is 1.15 bits per heavy atom. The maximum atomic E-state index is 12.8. The summed E-state index contributed by atoms with van der Waals surface area (Å²) in [7, 11) is 0. The molecule has 0 unspecified atom stereocenters. The molecule has 1 heterocycles. The number of para-hydroxylation sites is 1. The van der Waals surface area contributed by atoms with E-state index in [1.54, 1.807) is 0 Å². The van der Waals surface area contributed by atoms with Gasteiger partial charge in [-0.3, -0.25) is 4.79 Å². The molecular weight excluding hydrogens is 350 g/mol. The van der Waals surface area contributed by atoms with Crippen molar-refractivity contribution >= 4 is 28.9 Å². The van der Waals surface area contributed by atoms with E-state index in [0.29, 0.717) is 49.1 Å². The molecule has 3 rings (SSSR count). The number of halogens is 1. The second kappa shape index (κ2) is 8.32. The Balaban J connectivity index is 1.65. The molecule has 26 heavy (non-hydrogen) atoms. The molecule has 1 amide bonds. The number of benzene rings is 2. The molecule has 0 radical (unpaired) electrons. The summed E-state index contributed by atoms with van der Waals surface area (Å²) in [4.78, 5) is 16.8. The van der Waals surface area contributed by atoms with Gasteiger partial charge in [0.2, 0.25) is 0 Å². The van der Waals surface area contributed by atoms with Crippen molar-refractivity contribution in [3.63, 3.8) is 0 Å². The van der Waals surface area contributed by atoms with Gasteiger partial charge in [-0.1, -0.05) is 30.7 Å². The molecule has 0 atom stereocenters. The smallest absolute Gasteiger partial charge is 0.254 e. The second-order valence-corrected chi connectivity index (χ2v) is 6.74. The topological polar surface area (TPSA) is 58.8 Å². The van der Waals surface area contributed by atoms with E-state index in [1.807, 2.05) is 47.4 Å². The Morgan fingerprint density at radius 3 is 2.58 bits per heavy atom. The number of rotatable bonds is 5. The number of nitrogen functional groups attached to an aromatic ring is 1. The number of carbonyl (C=O) groups excluding carboxylic acids is 1. The van der Waals surface area contributed by atoms with Crippen LogP contribution in [0.15, 0.2) is 42.5 Å². The third kappa shape index (κ3) is 4.05. The minimum absolute atomic E-state index is 0.0266. The van der Waals surface area contributed by atoms with E-state index in [0.717, 1.165) is 17.9 Å². The molecule has 0 aromatic heterocycles. The van der Waals surface area contributed by atoms with Crippen molar-refractivity contribution in [2.75, 3.05) is 43.4 Å². The first-order valence-corrected chi connectivity index (χ1v) is 9.29. The van der Waals surface area contributed by atoms with Crippen molar-refractivity contribution in [1.82, 2.24) is 4.90 Å². The Labute approximate surface area is 159 Å². The van der Waals surface area contributed by atoms with E-state index in [1.165, 1.54) is 0 Å². The van der Waals surface area contributed by atoms with Crippen molar-refractivity contribution < 1.29 is 9.53 Å². The molecule has 2 aromatic rings. The van der Waals surface area contributed by atoms with Gasteiger partial charge in [0.15, 0.2) is 0 Å². The predicted octanol–water partition coefficient (Wildman–Crippen LogP) is 3.67. The third-order valence-corrected chi connectivity index (χ3v) is 4.76. The van der Waals surface area contributed by atoms with Gasteiger partial charge in [-0.15, -0.1) is 0 Å². The summed E-state index contributed by atoms with van der Waals surface area (Å²) in [5, 5.41) is 0.644. The van der Waals surface area contributed by atoms with Crippen molar-refractivity contribution in [2.45, 2.75) is 13.3 Å². The molecule has 0 aliphatic carbocycles. The lowest BCUT2D eigenvalue weighted by atomic mass is 10.1. The maximum absolute atomic E-state index is 12.8. The Hall–Kier alpha value is -2.40. The first kappa shape index (κ1) is 18.4. The number of ether oxygens (including phenoxy) is 1. The van der Waals surface area contributed by atoms with E-state index >= 15 is 0 Å². The summed E-state index contributed by atoms with van der Waals surface area (Å²) in [6.45, 7) is 5.36. The zero-order chi connectivity index (χ0) is 18.5. The van der Waals surface area contributed by atoms with Crippen LogP contribution in [0.2, 0.25) is 5.02 Å². The average molecular weight is 374 g/mol. The van der Waals surface area contributed by atoms with E-state index in [4.69, 9.17) is 22.1 Å². The lowest BCUT2D eigenvalue weighted by Gasteiger charge is -2.37. The number of carbonyl (C=O) groups is 1. The van der Waals surface area contributed by atoms with Crippen LogP contribution in [0.3, 0.4) is 0 Å². The van der Waals surface area contributed by atoms with Gasteiger partial charge in [-0.05, 0) is 36.8 Å². The van der Waals surface area contributed by atoms with Gasteiger partial charge in [0, 0.05) is 31.7 Å². The summed E-state index contributed by atoms with van der Waals surface area (Å²) < 4.78 is 5.63. The predicted molar refractivity (Wildman–Crippen MR) is 106 cm³/mol. The number of hydrogen-bond donors (Lipinski definition) is 1. The van der Waals surface area contributed by atoms with Gasteiger partial charge in [0.1, 0.15) is 5.75 Å². The van der Waals surface area contributed by atoms with Gasteiger partial charge >= 0.3 is 0 Å². The minimum Gasteiger partial charge on any atom is -0.494 e. The Bertz CT molecular complexity index is 753. The molecule has 1 saturated heterocycles. The standard InChI is InChI=1S/C20H24ClN3O2/c1-2-13-26-16-6-3-5-15(14-16)20(25)24-11-9-23(10-12-24)19-17(21)7-4-8-18(19)22/h3-8,14H,2,9-13,22H2,1H3. The highest BCUT2D eigenvalue weighted by Crippen LogP contribution is 2.32. The van der Waals surface area contributed by atoms with Crippen LogP contribution in [0.4, 0.5) is 11.4 Å². The number of nitrogens with two attached hydrogens (primary N) is 1. The van der Waals surface area contributed by atoms with Crippen LogP contribution in [0.1, 0.15) is 23.7 Å². The summed E-state index contributed by atoms with van der Waals surface area (Å²) in [6.07, 6.45) is 0.936. The summed E-state index contributed by atoms with van der Waals surface area (Å²) >= 11 is 6.30. The number of amides is 1. The van der Waals surface area contributed by atoms with Gasteiger partial charge in [-0.2, -0.15) is 0 Å². The summed E-state index contributed by atoms with van der Waals surface area (Å²) in [5.41, 5.74) is 8.25. The van der Waals surface area contributed by atoms with Crippen LogP contribution in [0, 0.1) is 0 Å². The highest BCUT2D eigenvalue weighted by Gasteiger charge is 2.24. The van der Waals surface area contributed by atoms with Gasteiger partial charge in [-0.25, -0.2) is 0 Å². The number of hydrogen-bond acceptors (Lipinski definition) is 4. The highest BCUT2D eigenvalue weighted by atomic mass is 35.5. The quantitative estimate of drug-likeness (QED) is 0.812. The average Bonchev–Trinajstić information content (AvgIpc) is 2.66. The van der Waals surface area contributed by atoms with Crippen LogP contribution in [-0.4, -0.2) is 43.6 Å². The number of anilines is 2. The lowest BCUT2D eigenvalue weighted by molar-refractivity contribution is 0.0746. The van der Waals surface area contributed by atoms with E-state index in [9.17, 15) is 4.79 Å². The monoisotopic (exact) mass is 373 g/mol. The molecule has 1 aliphatic rings. The molecule has 138 valence electrons. The van der Waals surface area contributed by atoms with Crippen molar-refractivity contribution in [1.29, 1.82) is 0 Å². The summed E-state index contributed by atoms with van der Waals surface area (Å²) in [5.74, 6) is 0.763. The van der Waals surface area contributed by atoms with Crippen molar-refractivity contribution in [3.05, 3.63) is 53.1 Å². The van der Waals surface area contributed by atoms with E-state index in [-0.39, 0.29) is 5.91 Å². The Kier molecular flexibility index (Phi) is 5.89. The third-order valence-electron chi connectivity index (χ3n) is 4.45. The minimum atomic E-state index is 0.0266. The molecule has 0 bridgehead atoms. The molecule has 6 heteroatoms. The van der Waals surface area contributed by atoms with Crippen LogP contribution in [0.25, 0.3) is 0 Å². The SMILES string of the molecule is CCCOc1cccc(C(=O)N2CCN(c3c(N)cccc3Cl)CC2)c1. The van der Waals surface area contributed by atoms with Crippen molar-refractivity contribution in [2.24, 2.45) is 0 Å². The zero-order valence-corrected chi connectivity index (χ0v) is 15.7. The lowest BCUT2D eigenvalue weighted by Crippen LogP contribution is -2.49. The zero-order valence-electron chi connectivity index (χ0n) is 15.0. The molecule has 5 nitrogen and oxygen atoms in total. The maximum Gasteiger partial charge on any atom is 0.254 e. The first-order chi connectivity index (χ1) is 12.6. The Morgan fingerprint density at radius 2 is 1.88 bits per heavy atom. The normalized spacial score (nSPS) is 14.4. The largest absolute Gasteiger partial charge is 0.494 e. The van der Waals surface area contributed by atoms with Crippen LogP contribution < -0.4 is 15.4 Å². The van der Waals surface area contributed by atoms with E-state index in [2.05, 4.69) is 11.8 Å². The van der Waals surface area contributed by atoms with Crippen LogP contribution >= 0.6 is 11.6 Å². The van der Waals surface area contributed by atoms with Crippen LogP contribution in [-0.2, 0) is 0 Å². The number of piperazine rings is 1. The second-order valence-electron chi connectivity index (χ2n) is 6.33. The molecule has 2 aromatic carbocycles. The summed E-state index contributed by atoms with van der Waals surface area (Å²) in [6, 6.07) is 12.9. The molecule has 2 N–H and O–H groups in total. The highest BCUT2D eigenvalue weighted by molar-refractivity contribution is 6.34. The molecule has 1 fully saturated rings. The van der Waals surface area contributed by atoms with Crippen LogP contribution in [0.5, 0.6) is 5.75 Å². The van der Waals surface area contributed by atoms with E-state index < -0.39 is 0 Å². The molecule has 0 saturated carbocycles. The van der Waals surface area contributed by atoms with Crippen molar-refractivity contribution in [3.8, 4) is 5.75 Å². The fourth-order valence-corrected chi connectivity index (χ4v) is 3.42. The van der Waals surface area contributed by atoms with Gasteiger partial charge < -0.3 is 20.3 Å². The fraction of sp³-hybridized carbons (Fsp3) is 0.350. The van der Waals surface area contributed by atoms with Gasteiger partial charge in [0.05, 0.1) is 23.0 Å². The molecular formula is C20H24ClN3O2. The fourth-order valence-electron chi connectivity index (χ4n) is 3.12. The molecule has 1 aliphatic heterocycles. The molecule has 0 spiro atoms. The first-order valence-electron chi connectivity index (χ1n) is 8.91. The van der Waals surface area contributed by atoms with Gasteiger partial charge in [0.25, 0.3) is 5.91 Å². The number of nitrogens with zero attached hydrogens (tertiary/aromatic N) is 2.